The summed E-state index contributed by atoms with van der Waals surface area (Å²) in [6.07, 6.45) is 46.9. The van der Waals surface area contributed by atoms with Crippen molar-refractivity contribution in [3.8, 4) is 0 Å². The summed E-state index contributed by atoms with van der Waals surface area (Å²) in [5.41, 5.74) is 0.730. The summed E-state index contributed by atoms with van der Waals surface area (Å²) < 4.78 is 0. The van der Waals surface area contributed by atoms with Gasteiger partial charge in [0.2, 0.25) is 0 Å². The molecule has 6 unspecified atom stereocenters. The van der Waals surface area contributed by atoms with Crippen LogP contribution in [0.25, 0.3) is 0 Å². The number of rotatable bonds is 19. The van der Waals surface area contributed by atoms with Crippen molar-refractivity contribution in [1.29, 1.82) is 0 Å². The van der Waals surface area contributed by atoms with E-state index in [1.165, 1.54) is 116 Å². The molecule has 0 amide bonds. The summed E-state index contributed by atoms with van der Waals surface area (Å²) in [6, 6.07) is 0. The molecule has 0 bridgehead atoms. The molecule has 0 aromatic heterocycles. The SMILES string of the molecule is CCCCCCCCCCC1(CCCCCCCCCC)C2CCCCC2C2CCC(C3[CH+]CCCC3)CC21. The van der Waals surface area contributed by atoms with Gasteiger partial charge in [0.1, 0.15) is 5.92 Å². The minimum atomic E-state index is 0.730. The molecule has 0 heteroatoms. The van der Waals surface area contributed by atoms with Crippen molar-refractivity contribution in [3.05, 3.63) is 6.42 Å². The quantitative estimate of drug-likeness (QED) is 0.113. The van der Waals surface area contributed by atoms with Gasteiger partial charge in [-0.05, 0) is 93.3 Å². The fourth-order valence-electron chi connectivity index (χ4n) is 10.9. The molecule has 0 radical (unpaired) electrons. The van der Waals surface area contributed by atoms with Crippen LogP contribution in [0.1, 0.15) is 200 Å². The Bertz CT molecular complexity index is 594. The van der Waals surface area contributed by atoms with E-state index in [1.807, 2.05) is 0 Å². The first-order valence-corrected chi connectivity index (χ1v) is 19.1. The van der Waals surface area contributed by atoms with Gasteiger partial charge in [-0.15, -0.1) is 0 Å². The van der Waals surface area contributed by atoms with Crippen LogP contribution in [0.5, 0.6) is 0 Å². The predicted octanol–water partition coefficient (Wildman–Crippen LogP) is 13.3. The molecule has 0 aromatic rings. The highest BCUT2D eigenvalue weighted by atomic mass is 14.6. The lowest BCUT2D eigenvalue weighted by Gasteiger charge is -2.46. The van der Waals surface area contributed by atoms with Crippen molar-refractivity contribution in [2.75, 3.05) is 0 Å². The Morgan fingerprint density at radius 1 is 0.513 bits per heavy atom. The van der Waals surface area contributed by atoms with E-state index < -0.39 is 0 Å². The minimum absolute atomic E-state index is 0.730. The summed E-state index contributed by atoms with van der Waals surface area (Å²) >= 11 is 0. The maximum absolute atomic E-state index is 2.80. The molecule has 0 heterocycles. The van der Waals surface area contributed by atoms with Gasteiger partial charge in [-0.1, -0.05) is 129 Å². The molecule has 6 atom stereocenters. The summed E-state index contributed by atoms with van der Waals surface area (Å²) in [5, 5.41) is 0. The lowest BCUT2D eigenvalue weighted by Crippen LogP contribution is -2.38. The molecule has 0 spiro atoms. The Kier molecular flexibility index (Phi) is 14.5. The monoisotopic (exact) mass is 540 g/mol. The van der Waals surface area contributed by atoms with Gasteiger partial charge in [0.15, 0.2) is 0 Å². The Hall–Kier alpha value is -0.130. The maximum atomic E-state index is 2.80. The normalized spacial score (nSPS) is 31.9. The zero-order chi connectivity index (χ0) is 27.2. The van der Waals surface area contributed by atoms with Gasteiger partial charge in [0.05, 0.1) is 12.8 Å². The molecule has 4 aliphatic rings. The van der Waals surface area contributed by atoms with Crippen molar-refractivity contribution in [1.82, 2.24) is 0 Å². The Balaban J connectivity index is 1.39. The largest absolute Gasteiger partial charge is 0.101 e. The summed E-state index contributed by atoms with van der Waals surface area (Å²) in [4.78, 5) is 0. The summed E-state index contributed by atoms with van der Waals surface area (Å²) in [7, 11) is 0. The van der Waals surface area contributed by atoms with Gasteiger partial charge < -0.3 is 0 Å². The van der Waals surface area contributed by atoms with Gasteiger partial charge in [-0.2, -0.15) is 0 Å². The van der Waals surface area contributed by atoms with E-state index in [2.05, 4.69) is 20.3 Å². The first-order valence-electron chi connectivity index (χ1n) is 19.1. The van der Waals surface area contributed by atoms with E-state index in [9.17, 15) is 0 Å². The first kappa shape index (κ1) is 31.8. The zero-order valence-electron chi connectivity index (χ0n) is 27.0. The summed E-state index contributed by atoms with van der Waals surface area (Å²) in [6.45, 7) is 4.70. The lowest BCUT2D eigenvalue weighted by atomic mass is 9.58. The smallest absolute Gasteiger partial charge is 0.0654 e. The molecular weight excluding hydrogens is 468 g/mol. The van der Waals surface area contributed by atoms with Crippen LogP contribution in [0.4, 0.5) is 0 Å². The van der Waals surface area contributed by atoms with Gasteiger partial charge in [-0.25, -0.2) is 0 Å². The van der Waals surface area contributed by atoms with Gasteiger partial charge >= 0.3 is 0 Å². The lowest BCUT2D eigenvalue weighted by molar-refractivity contribution is 0.0298. The van der Waals surface area contributed by atoms with Crippen molar-refractivity contribution < 1.29 is 0 Å². The van der Waals surface area contributed by atoms with Gasteiger partial charge in [0.25, 0.3) is 0 Å². The van der Waals surface area contributed by atoms with E-state index in [1.54, 1.807) is 70.6 Å². The highest BCUT2D eigenvalue weighted by molar-refractivity contribution is 5.09. The fourth-order valence-corrected chi connectivity index (χ4v) is 10.9. The number of unbranched alkanes of at least 4 members (excludes halogenated alkanes) is 14. The average molecular weight is 540 g/mol. The van der Waals surface area contributed by atoms with Crippen molar-refractivity contribution in [2.24, 2.45) is 40.9 Å². The predicted molar refractivity (Wildman–Crippen MR) is 173 cm³/mol. The molecule has 0 saturated heterocycles. The van der Waals surface area contributed by atoms with Crippen LogP contribution in [0, 0.1) is 47.3 Å². The molecular formula is C39H71+. The molecule has 4 fully saturated rings. The molecule has 4 rings (SSSR count). The zero-order valence-corrected chi connectivity index (χ0v) is 27.0. The number of hydrogen-bond acceptors (Lipinski definition) is 0. The number of fused-ring (bicyclic) bond motifs is 3. The highest BCUT2D eigenvalue weighted by Crippen LogP contribution is 2.68. The van der Waals surface area contributed by atoms with E-state index in [-0.39, 0.29) is 0 Å². The molecule has 4 saturated carbocycles. The van der Waals surface area contributed by atoms with Crippen LogP contribution >= 0.6 is 0 Å². The van der Waals surface area contributed by atoms with Crippen molar-refractivity contribution in [2.45, 2.75) is 200 Å². The van der Waals surface area contributed by atoms with Crippen LogP contribution in [-0.2, 0) is 0 Å². The maximum Gasteiger partial charge on any atom is 0.101 e. The average Bonchev–Trinajstić information content (AvgIpc) is 3.25. The van der Waals surface area contributed by atoms with E-state index in [0.29, 0.717) is 0 Å². The van der Waals surface area contributed by atoms with E-state index >= 15 is 0 Å². The van der Waals surface area contributed by atoms with E-state index in [4.69, 9.17) is 0 Å². The molecule has 39 heavy (non-hydrogen) atoms. The third-order valence-electron chi connectivity index (χ3n) is 12.8. The second-order valence-electron chi connectivity index (χ2n) is 15.3. The van der Waals surface area contributed by atoms with Crippen LogP contribution in [-0.4, -0.2) is 0 Å². The van der Waals surface area contributed by atoms with Crippen LogP contribution in [0.3, 0.4) is 0 Å². The third kappa shape index (κ3) is 8.93. The highest BCUT2D eigenvalue weighted by Gasteiger charge is 2.60. The van der Waals surface area contributed by atoms with Crippen LogP contribution < -0.4 is 0 Å². The fraction of sp³-hybridized carbons (Fsp3) is 0.974. The first-order chi connectivity index (χ1) is 19.3. The summed E-state index contributed by atoms with van der Waals surface area (Å²) in [5.74, 6) is 6.44. The Labute approximate surface area is 247 Å². The molecule has 226 valence electrons. The number of hydrogen-bond donors (Lipinski definition) is 0. The topological polar surface area (TPSA) is 0 Å². The molecule has 4 aliphatic carbocycles. The molecule has 0 aromatic carbocycles. The van der Waals surface area contributed by atoms with Crippen LogP contribution in [0.15, 0.2) is 0 Å². The van der Waals surface area contributed by atoms with Gasteiger partial charge in [-0.3, -0.25) is 0 Å². The van der Waals surface area contributed by atoms with E-state index in [0.717, 1.165) is 40.9 Å². The van der Waals surface area contributed by atoms with Crippen LogP contribution in [0.2, 0.25) is 0 Å². The molecule has 0 nitrogen and oxygen atoms in total. The van der Waals surface area contributed by atoms with Gasteiger partial charge in [0, 0.05) is 5.92 Å². The van der Waals surface area contributed by atoms with Crippen molar-refractivity contribution in [3.63, 3.8) is 0 Å². The third-order valence-corrected chi connectivity index (χ3v) is 12.8. The standard InChI is InChI=1S/C39H71/c1-3-5-7-9-11-13-15-22-30-39(31-23-16-14-12-10-8-6-4-2)37-27-21-20-26-35(37)36-29-28-34(32-38(36)39)33-24-18-17-19-25-33/h24,33-38H,3-23,25-32H2,1-2H3/q+1. The second-order valence-corrected chi connectivity index (χ2v) is 15.3. The minimum Gasteiger partial charge on any atom is -0.0654 e. The Morgan fingerprint density at radius 3 is 1.64 bits per heavy atom. The van der Waals surface area contributed by atoms with Crippen molar-refractivity contribution >= 4 is 0 Å². The Morgan fingerprint density at radius 2 is 1.05 bits per heavy atom. The molecule has 0 N–H and O–H groups in total. The second kappa shape index (κ2) is 17.7. The molecule has 0 aliphatic heterocycles.